The smallest absolute Gasteiger partial charge is 0.306 e. The number of hydrogen-bond acceptors (Lipinski definition) is 3. The average Bonchev–Trinajstić information content (AvgIpc) is 2.93. The first kappa shape index (κ1) is 37.4. The molecule has 0 amide bonds. The van der Waals surface area contributed by atoms with E-state index in [0.29, 0.717) is 6.42 Å². The van der Waals surface area contributed by atoms with Crippen LogP contribution in [-0.4, -0.2) is 23.1 Å². The molecule has 0 bridgehead atoms. The normalized spacial score (nSPS) is 13.2. The second-order valence-electron chi connectivity index (χ2n) is 10.3. The highest BCUT2D eigenvalue weighted by Gasteiger charge is 2.13. The van der Waals surface area contributed by atoms with Gasteiger partial charge in [-0.3, -0.25) is 9.59 Å². The lowest BCUT2D eigenvalue weighted by atomic mass is 10.0. The van der Waals surface area contributed by atoms with Gasteiger partial charge in [0.25, 0.3) is 0 Å². The fourth-order valence-electron chi connectivity index (χ4n) is 4.15. The molecule has 0 fully saturated rings. The van der Waals surface area contributed by atoms with Crippen LogP contribution < -0.4 is 0 Å². The molecular weight excluding hydrogens is 496 g/mol. The topological polar surface area (TPSA) is 63.6 Å². The van der Waals surface area contributed by atoms with Crippen LogP contribution >= 0.6 is 0 Å². The number of rotatable bonds is 27. The molecule has 0 spiro atoms. The van der Waals surface area contributed by atoms with Gasteiger partial charge in [-0.2, -0.15) is 0 Å². The summed E-state index contributed by atoms with van der Waals surface area (Å²) in [6.07, 6.45) is 43.7. The Hall–Kier alpha value is -2.62. The van der Waals surface area contributed by atoms with E-state index in [-0.39, 0.29) is 18.5 Å². The van der Waals surface area contributed by atoms with E-state index in [2.05, 4.69) is 86.8 Å². The molecule has 226 valence electrons. The molecule has 1 atom stereocenters. The van der Waals surface area contributed by atoms with Crippen LogP contribution in [0, 0.1) is 0 Å². The van der Waals surface area contributed by atoms with Crippen LogP contribution in [0.4, 0.5) is 0 Å². The zero-order chi connectivity index (χ0) is 29.4. The first-order valence-corrected chi connectivity index (χ1v) is 15.9. The summed E-state index contributed by atoms with van der Waals surface area (Å²) in [5.74, 6) is -0.811. The van der Waals surface area contributed by atoms with Crippen LogP contribution in [0.1, 0.15) is 136 Å². The van der Waals surface area contributed by atoms with Crippen molar-refractivity contribution in [3.05, 3.63) is 72.9 Å². The molecule has 0 aliphatic rings. The largest absolute Gasteiger partial charge is 0.481 e. The Morgan fingerprint density at radius 3 is 1.52 bits per heavy atom. The SMILES string of the molecule is CC/C=C\C/C=C\C/C=C\C/C=C\C/C=C\C/C=C\CCC(=O)OC(CCCCC)CCCCCCCC(=O)O. The number of allylic oxidation sites excluding steroid dienone is 12. The summed E-state index contributed by atoms with van der Waals surface area (Å²) in [6, 6.07) is 0. The zero-order valence-electron chi connectivity index (χ0n) is 25.6. The van der Waals surface area contributed by atoms with E-state index < -0.39 is 5.97 Å². The number of carboxylic acid groups (broad SMARTS) is 1. The lowest BCUT2D eigenvalue weighted by molar-refractivity contribution is -0.149. The molecule has 40 heavy (non-hydrogen) atoms. The van der Waals surface area contributed by atoms with Crippen LogP contribution in [0.2, 0.25) is 0 Å². The summed E-state index contributed by atoms with van der Waals surface area (Å²) < 4.78 is 5.81. The minimum absolute atomic E-state index is 0.0170. The number of ether oxygens (including phenoxy) is 1. The summed E-state index contributed by atoms with van der Waals surface area (Å²) in [6.45, 7) is 4.34. The fraction of sp³-hybridized carbons (Fsp3) is 0.611. The van der Waals surface area contributed by atoms with Gasteiger partial charge in [-0.15, -0.1) is 0 Å². The molecule has 0 aromatic rings. The van der Waals surface area contributed by atoms with E-state index in [1.54, 1.807) is 0 Å². The van der Waals surface area contributed by atoms with Crippen LogP contribution in [0.3, 0.4) is 0 Å². The number of esters is 1. The molecule has 0 aromatic heterocycles. The molecule has 0 saturated heterocycles. The Morgan fingerprint density at radius 2 is 1.02 bits per heavy atom. The van der Waals surface area contributed by atoms with Crippen LogP contribution in [0.25, 0.3) is 0 Å². The molecule has 1 unspecified atom stereocenters. The first-order chi connectivity index (χ1) is 19.6. The van der Waals surface area contributed by atoms with Crippen molar-refractivity contribution in [3.63, 3.8) is 0 Å². The monoisotopic (exact) mass is 554 g/mol. The van der Waals surface area contributed by atoms with E-state index >= 15 is 0 Å². The number of aliphatic carboxylic acids is 1. The molecule has 0 rings (SSSR count). The quantitative estimate of drug-likeness (QED) is 0.0623. The number of unbranched alkanes of at least 4 members (excludes halogenated alkanes) is 6. The molecule has 0 saturated carbocycles. The van der Waals surface area contributed by atoms with Gasteiger partial charge in [0.05, 0.1) is 0 Å². The Balaban J connectivity index is 3.96. The van der Waals surface area contributed by atoms with Crippen molar-refractivity contribution in [3.8, 4) is 0 Å². The number of hydrogen-bond donors (Lipinski definition) is 1. The van der Waals surface area contributed by atoms with Gasteiger partial charge in [-0.25, -0.2) is 0 Å². The Bertz CT molecular complexity index is 770. The number of carboxylic acids is 1. The maximum Gasteiger partial charge on any atom is 0.306 e. The van der Waals surface area contributed by atoms with E-state index in [1.165, 1.54) is 6.42 Å². The predicted molar refractivity (Wildman–Crippen MR) is 171 cm³/mol. The minimum Gasteiger partial charge on any atom is -0.481 e. The minimum atomic E-state index is -0.716. The highest BCUT2D eigenvalue weighted by Crippen LogP contribution is 2.17. The van der Waals surface area contributed by atoms with E-state index in [4.69, 9.17) is 9.84 Å². The molecule has 1 N–H and O–H groups in total. The van der Waals surface area contributed by atoms with E-state index in [0.717, 1.165) is 103 Å². The number of carbonyl (C=O) groups is 2. The van der Waals surface area contributed by atoms with Gasteiger partial charge in [0.15, 0.2) is 0 Å². The van der Waals surface area contributed by atoms with Crippen molar-refractivity contribution >= 4 is 11.9 Å². The van der Waals surface area contributed by atoms with E-state index in [1.807, 2.05) is 0 Å². The van der Waals surface area contributed by atoms with Crippen molar-refractivity contribution in [2.75, 3.05) is 0 Å². The molecule has 4 nitrogen and oxygen atoms in total. The lowest BCUT2D eigenvalue weighted by Gasteiger charge is -2.18. The number of carbonyl (C=O) groups excluding carboxylic acids is 1. The van der Waals surface area contributed by atoms with Crippen molar-refractivity contribution in [2.24, 2.45) is 0 Å². The molecular formula is C36H58O4. The van der Waals surface area contributed by atoms with Gasteiger partial charge < -0.3 is 9.84 Å². The van der Waals surface area contributed by atoms with Gasteiger partial charge in [0.1, 0.15) is 6.10 Å². The summed E-state index contributed by atoms with van der Waals surface area (Å²) in [7, 11) is 0. The Morgan fingerprint density at radius 1 is 0.575 bits per heavy atom. The summed E-state index contributed by atoms with van der Waals surface area (Å²) in [4.78, 5) is 23.0. The van der Waals surface area contributed by atoms with Crippen molar-refractivity contribution in [1.29, 1.82) is 0 Å². The van der Waals surface area contributed by atoms with Gasteiger partial charge in [0, 0.05) is 12.8 Å². The van der Waals surface area contributed by atoms with Crippen LogP contribution in [0.15, 0.2) is 72.9 Å². The maximum absolute atomic E-state index is 12.4. The highest BCUT2D eigenvalue weighted by atomic mass is 16.5. The van der Waals surface area contributed by atoms with Gasteiger partial charge in [-0.05, 0) is 77.0 Å². The average molecular weight is 555 g/mol. The predicted octanol–water partition coefficient (Wildman–Crippen LogP) is 10.8. The zero-order valence-corrected chi connectivity index (χ0v) is 25.6. The third-order valence-corrected chi connectivity index (χ3v) is 6.46. The van der Waals surface area contributed by atoms with Crippen molar-refractivity contribution < 1.29 is 19.4 Å². The molecule has 4 heteroatoms. The highest BCUT2D eigenvalue weighted by molar-refractivity contribution is 5.69. The van der Waals surface area contributed by atoms with Crippen molar-refractivity contribution in [2.45, 2.75) is 142 Å². The summed E-state index contributed by atoms with van der Waals surface area (Å²) in [5, 5.41) is 8.72. The van der Waals surface area contributed by atoms with Gasteiger partial charge in [0.2, 0.25) is 0 Å². The van der Waals surface area contributed by atoms with Crippen molar-refractivity contribution in [1.82, 2.24) is 0 Å². The third kappa shape index (κ3) is 29.9. The second-order valence-corrected chi connectivity index (χ2v) is 10.3. The third-order valence-electron chi connectivity index (χ3n) is 6.46. The van der Waals surface area contributed by atoms with Gasteiger partial charge in [-0.1, -0.05) is 119 Å². The Labute approximate surface area is 246 Å². The summed E-state index contributed by atoms with van der Waals surface area (Å²) in [5.41, 5.74) is 0. The molecule has 0 aliphatic heterocycles. The molecule has 0 aromatic carbocycles. The van der Waals surface area contributed by atoms with Crippen LogP contribution in [-0.2, 0) is 14.3 Å². The maximum atomic E-state index is 12.4. The molecule has 0 aliphatic carbocycles. The summed E-state index contributed by atoms with van der Waals surface area (Å²) >= 11 is 0. The van der Waals surface area contributed by atoms with E-state index in [9.17, 15) is 9.59 Å². The standard InChI is InChI=1S/C36H58O4/c1-3-5-7-8-9-10-11-12-13-14-15-16-17-18-19-20-21-25-29-33-36(39)40-34(30-26-6-4-2)31-27-23-22-24-28-32-35(37)38/h5,7,9-10,12-13,15-16,18-19,21,25,34H,3-4,6,8,11,14,17,20,22-24,26-33H2,1-2H3,(H,37,38)/b7-5-,10-9-,13-12-,16-15-,19-18-,25-21-. The van der Waals surface area contributed by atoms with Crippen LogP contribution in [0.5, 0.6) is 0 Å². The fourth-order valence-corrected chi connectivity index (χ4v) is 4.15. The van der Waals surface area contributed by atoms with Gasteiger partial charge >= 0.3 is 11.9 Å². The lowest BCUT2D eigenvalue weighted by Crippen LogP contribution is -2.18. The Kier molecular flexibility index (Phi) is 28.9. The second kappa shape index (κ2) is 30.9. The molecule has 0 radical (unpaired) electrons. The first-order valence-electron chi connectivity index (χ1n) is 15.9. The molecule has 0 heterocycles.